The lowest BCUT2D eigenvalue weighted by Gasteiger charge is -2.34. The highest BCUT2D eigenvalue weighted by molar-refractivity contribution is 5.88. The zero-order chi connectivity index (χ0) is 29.2. The molecule has 0 bridgehead atoms. The molecule has 1 fully saturated rings. The minimum absolute atomic E-state index is 0.0932. The molecule has 1 atom stereocenters. The summed E-state index contributed by atoms with van der Waals surface area (Å²) in [5.74, 6) is 0.641. The number of carbonyl (C=O) groups excluding carboxylic acids is 1. The van der Waals surface area contributed by atoms with Crippen molar-refractivity contribution in [2.45, 2.75) is 77.6 Å². The van der Waals surface area contributed by atoms with E-state index in [9.17, 15) is 4.79 Å². The van der Waals surface area contributed by atoms with Crippen LogP contribution in [0.15, 0.2) is 66.7 Å². The number of rotatable bonds is 14. The van der Waals surface area contributed by atoms with E-state index >= 15 is 0 Å². The van der Waals surface area contributed by atoms with Gasteiger partial charge in [0.25, 0.3) is 0 Å². The number of methoxy groups -OCH3 is 1. The van der Waals surface area contributed by atoms with Crippen LogP contribution in [0.3, 0.4) is 0 Å². The molecule has 0 spiro atoms. The zero-order valence-corrected chi connectivity index (χ0v) is 25.3. The minimum atomic E-state index is -0.520. The Kier molecular flexibility index (Phi) is 11.6. The summed E-state index contributed by atoms with van der Waals surface area (Å²) in [6.07, 6.45) is 10.4. The predicted molar refractivity (Wildman–Crippen MR) is 169 cm³/mol. The lowest BCUT2D eigenvalue weighted by atomic mass is 9.73. The molecule has 41 heavy (non-hydrogen) atoms. The molecule has 3 aromatic rings. The van der Waals surface area contributed by atoms with E-state index in [1.807, 2.05) is 0 Å². The molecule has 220 valence electrons. The SMILES string of the molecule is C=C(CO)C(=O)OCC(COC)C1CCC(c2ccc(-c3ccc4cc(CCCCC)ccc4c3)c(CC)c2)CC1. The fourth-order valence-corrected chi connectivity index (χ4v) is 6.45. The highest BCUT2D eigenvalue weighted by Gasteiger charge is 2.29. The lowest BCUT2D eigenvalue weighted by molar-refractivity contribution is -0.142. The molecule has 0 radical (unpaired) electrons. The summed E-state index contributed by atoms with van der Waals surface area (Å²) >= 11 is 0. The van der Waals surface area contributed by atoms with E-state index < -0.39 is 5.97 Å². The van der Waals surface area contributed by atoms with Crippen molar-refractivity contribution in [1.29, 1.82) is 0 Å². The molecule has 0 heterocycles. The van der Waals surface area contributed by atoms with Gasteiger partial charge in [-0.1, -0.05) is 81.8 Å². The normalized spacial score (nSPS) is 17.9. The van der Waals surface area contributed by atoms with E-state index in [4.69, 9.17) is 14.6 Å². The number of hydrogen-bond donors (Lipinski definition) is 1. The van der Waals surface area contributed by atoms with Gasteiger partial charge in [0, 0.05) is 13.0 Å². The van der Waals surface area contributed by atoms with Crippen LogP contribution >= 0.6 is 0 Å². The van der Waals surface area contributed by atoms with Gasteiger partial charge < -0.3 is 14.6 Å². The van der Waals surface area contributed by atoms with Crippen molar-refractivity contribution in [3.8, 4) is 11.1 Å². The Morgan fingerprint density at radius 3 is 2.41 bits per heavy atom. The van der Waals surface area contributed by atoms with Gasteiger partial charge in [0.15, 0.2) is 0 Å². The summed E-state index contributed by atoms with van der Waals surface area (Å²) < 4.78 is 10.9. The third-order valence-electron chi connectivity index (χ3n) is 8.99. The highest BCUT2D eigenvalue weighted by atomic mass is 16.5. The number of hydrogen-bond acceptors (Lipinski definition) is 4. The van der Waals surface area contributed by atoms with Gasteiger partial charge in [-0.15, -0.1) is 0 Å². The zero-order valence-electron chi connectivity index (χ0n) is 25.3. The number of ether oxygens (including phenoxy) is 2. The van der Waals surface area contributed by atoms with Crippen LogP contribution in [-0.4, -0.2) is 38.0 Å². The maximum absolute atomic E-state index is 12.0. The second-order valence-corrected chi connectivity index (χ2v) is 11.8. The van der Waals surface area contributed by atoms with Gasteiger partial charge in [0.1, 0.15) is 0 Å². The summed E-state index contributed by atoms with van der Waals surface area (Å²) in [7, 11) is 1.70. The first-order valence-electron chi connectivity index (χ1n) is 15.6. The predicted octanol–water partition coefficient (Wildman–Crippen LogP) is 8.43. The Morgan fingerprint density at radius 1 is 0.951 bits per heavy atom. The van der Waals surface area contributed by atoms with Crippen LogP contribution in [0.4, 0.5) is 0 Å². The van der Waals surface area contributed by atoms with Crippen molar-refractivity contribution in [1.82, 2.24) is 0 Å². The van der Waals surface area contributed by atoms with E-state index in [2.05, 4.69) is 75.0 Å². The van der Waals surface area contributed by atoms with Crippen molar-refractivity contribution in [2.24, 2.45) is 11.8 Å². The number of aliphatic hydroxyl groups excluding tert-OH is 1. The van der Waals surface area contributed by atoms with Crippen molar-refractivity contribution in [2.75, 3.05) is 26.9 Å². The molecule has 3 aromatic carbocycles. The summed E-state index contributed by atoms with van der Waals surface area (Å²) in [5, 5.41) is 11.8. The highest BCUT2D eigenvalue weighted by Crippen LogP contribution is 2.40. The van der Waals surface area contributed by atoms with E-state index in [1.165, 1.54) is 57.9 Å². The topological polar surface area (TPSA) is 55.8 Å². The quantitative estimate of drug-likeness (QED) is 0.123. The van der Waals surface area contributed by atoms with Gasteiger partial charge in [0.2, 0.25) is 0 Å². The second kappa shape index (κ2) is 15.3. The number of aryl methyl sites for hydroxylation is 2. The molecule has 4 nitrogen and oxygen atoms in total. The third-order valence-corrected chi connectivity index (χ3v) is 8.99. The Balaban J connectivity index is 1.42. The second-order valence-electron chi connectivity index (χ2n) is 11.8. The first-order chi connectivity index (χ1) is 20.0. The first kappa shape index (κ1) is 31.0. The van der Waals surface area contributed by atoms with Crippen LogP contribution in [0, 0.1) is 11.8 Å². The standard InChI is InChI=1S/C37H48O4/c1-5-7-8-9-27-10-11-33-22-34(17-16-31(33)20-27)36-19-18-32(21-28(36)6-2)29-12-14-30(15-13-29)35(24-40-4)25-41-37(39)26(3)23-38/h10-11,16-22,29-30,35,38H,3,5-9,12-15,23-25H2,1-2,4H3. The van der Waals surface area contributed by atoms with Gasteiger partial charge in [-0.05, 0) is 101 Å². The molecule has 4 rings (SSSR count). The van der Waals surface area contributed by atoms with Gasteiger partial charge in [0.05, 0.1) is 25.4 Å². The number of carbonyl (C=O) groups is 1. The number of fused-ring (bicyclic) bond motifs is 1. The van der Waals surface area contributed by atoms with Crippen molar-refractivity contribution in [3.05, 3.63) is 83.4 Å². The van der Waals surface area contributed by atoms with Gasteiger partial charge in [-0.3, -0.25) is 0 Å². The van der Waals surface area contributed by atoms with Crippen molar-refractivity contribution >= 4 is 16.7 Å². The van der Waals surface area contributed by atoms with Gasteiger partial charge in [-0.2, -0.15) is 0 Å². The maximum atomic E-state index is 12.0. The molecule has 1 N–H and O–H groups in total. The van der Waals surface area contributed by atoms with E-state index in [1.54, 1.807) is 7.11 Å². The number of benzene rings is 3. The van der Waals surface area contributed by atoms with Crippen LogP contribution in [0.5, 0.6) is 0 Å². The lowest BCUT2D eigenvalue weighted by Crippen LogP contribution is -2.29. The van der Waals surface area contributed by atoms with Gasteiger partial charge >= 0.3 is 5.97 Å². The fraction of sp³-hybridized carbons (Fsp3) is 0.486. The molecule has 0 amide bonds. The van der Waals surface area contributed by atoms with Gasteiger partial charge in [-0.25, -0.2) is 4.79 Å². The largest absolute Gasteiger partial charge is 0.462 e. The Morgan fingerprint density at radius 2 is 1.71 bits per heavy atom. The van der Waals surface area contributed by atoms with Crippen LogP contribution in [0.25, 0.3) is 21.9 Å². The molecule has 1 saturated carbocycles. The van der Waals surface area contributed by atoms with Crippen LogP contribution in [-0.2, 0) is 27.1 Å². The molecule has 1 aliphatic carbocycles. The number of esters is 1. The molecule has 0 aromatic heterocycles. The number of unbranched alkanes of at least 4 members (excludes halogenated alkanes) is 2. The number of aliphatic hydroxyl groups is 1. The monoisotopic (exact) mass is 556 g/mol. The minimum Gasteiger partial charge on any atom is -0.462 e. The Hall–Kier alpha value is -2.95. The van der Waals surface area contributed by atoms with E-state index in [0.29, 0.717) is 25.0 Å². The molecule has 1 unspecified atom stereocenters. The van der Waals surface area contributed by atoms with Crippen LogP contribution in [0.1, 0.15) is 81.4 Å². The maximum Gasteiger partial charge on any atom is 0.335 e. The molecule has 0 aliphatic heterocycles. The Bertz CT molecular complexity index is 1300. The smallest absolute Gasteiger partial charge is 0.335 e. The summed E-state index contributed by atoms with van der Waals surface area (Å²) in [6, 6.07) is 21.0. The average Bonchev–Trinajstić information content (AvgIpc) is 3.02. The summed E-state index contributed by atoms with van der Waals surface area (Å²) in [4.78, 5) is 12.0. The summed E-state index contributed by atoms with van der Waals surface area (Å²) in [6.45, 7) is 8.57. The molecular formula is C37H48O4. The molecular weight excluding hydrogens is 508 g/mol. The molecule has 4 heteroatoms. The third kappa shape index (κ3) is 8.08. The van der Waals surface area contributed by atoms with Crippen LogP contribution < -0.4 is 0 Å². The van der Waals surface area contributed by atoms with Crippen LogP contribution in [0.2, 0.25) is 0 Å². The fourth-order valence-electron chi connectivity index (χ4n) is 6.45. The molecule has 0 saturated heterocycles. The summed E-state index contributed by atoms with van der Waals surface area (Å²) in [5.41, 5.74) is 7.02. The van der Waals surface area contributed by atoms with Crippen molar-refractivity contribution in [3.63, 3.8) is 0 Å². The Labute approximate surface area is 246 Å². The molecule has 1 aliphatic rings. The first-order valence-corrected chi connectivity index (χ1v) is 15.6. The van der Waals surface area contributed by atoms with E-state index in [-0.39, 0.29) is 18.1 Å². The van der Waals surface area contributed by atoms with Crippen molar-refractivity contribution < 1.29 is 19.4 Å². The van der Waals surface area contributed by atoms with E-state index in [0.717, 1.165) is 38.5 Å². The average molecular weight is 557 g/mol.